The summed E-state index contributed by atoms with van der Waals surface area (Å²) in [6.45, 7) is 8.02. The van der Waals surface area contributed by atoms with E-state index in [0.717, 1.165) is 32.1 Å². The standard InChI is InChI=1S/C14H26NO3/c1-13(2)9-11(7-5-6-8-12(16)17)10-14(3,4)15(13)18/h11H,5-10H2,1-4H3,(H,16,17). The summed E-state index contributed by atoms with van der Waals surface area (Å²) in [7, 11) is 0. The Morgan fingerprint density at radius 1 is 1.17 bits per heavy atom. The molecule has 1 radical (unpaired) electrons. The molecule has 0 aromatic heterocycles. The Balaban J connectivity index is 2.46. The Bertz CT molecular complexity index is 281. The van der Waals surface area contributed by atoms with Crippen molar-refractivity contribution >= 4 is 5.97 Å². The highest BCUT2D eigenvalue weighted by atomic mass is 16.5. The lowest BCUT2D eigenvalue weighted by molar-refractivity contribution is -0.294. The second-order valence-corrected chi connectivity index (χ2v) is 6.83. The van der Waals surface area contributed by atoms with Crippen molar-refractivity contribution in [2.45, 2.75) is 77.3 Å². The van der Waals surface area contributed by atoms with Crippen molar-refractivity contribution in [1.29, 1.82) is 0 Å². The normalized spacial score (nSPS) is 24.1. The van der Waals surface area contributed by atoms with Gasteiger partial charge in [-0.2, -0.15) is 0 Å². The van der Waals surface area contributed by atoms with Gasteiger partial charge in [0.1, 0.15) is 0 Å². The van der Waals surface area contributed by atoms with E-state index in [1.807, 2.05) is 27.7 Å². The van der Waals surface area contributed by atoms with E-state index in [9.17, 15) is 10.0 Å². The fourth-order valence-electron chi connectivity index (χ4n) is 3.38. The second-order valence-electron chi connectivity index (χ2n) is 6.83. The van der Waals surface area contributed by atoms with Crippen molar-refractivity contribution < 1.29 is 15.1 Å². The van der Waals surface area contributed by atoms with E-state index in [4.69, 9.17) is 5.11 Å². The summed E-state index contributed by atoms with van der Waals surface area (Å²) >= 11 is 0. The van der Waals surface area contributed by atoms with Gasteiger partial charge in [0.2, 0.25) is 0 Å². The maximum Gasteiger partial charge on any atom is 0.303 e. The first-order chi connectivity index (χ1) is 8.15. The third-order valence-electron chi connectivity index (χ3n) is 3.93. The fourth-order valence-corrected chi connectivity index (χ4v) is 3.38. The number of carboxylic acids is 1. The van der Waals surface area contributed by atoms with Crippen molar-refractivity contribution in [3.05, 3.63) is 0 Å². The lowest BCUT2D eigenvalue weighted by atomic mass is 9.73. The second kappa shape index (κ2) is 5.57. The molecule has 1 heterocycles. The highest BCUT2D eigenvalue weighted by Crippen LogP contribution is 2.41. The first kappa shape index (κ1) is 15.4. The third-order valence-corrected chi connectivity index (χ3v) is 3.93. The summed E-state index contributed by atoms with van der Waals surface area (Å²) in [5.41, 5.74) is -0.613. The quantitative estimate of drug-likeness (QED) is 0.768. The Kier molecular flexibility index (Phi) is 4.78. The van der Waals surface area contributed by atoms with Crippen LogP contribution in [0.25, 0.3) is 0 Å². The average Bonchev–Trinajstić information content (AvgIpc) is 2.20. The number of carbonyl (C=O) groups is 1. The molecule has 0 amide bonds. The maximum atomic E-state index is 12.2. The van der Waals surface area contributed by atoms with E-state index < -0.39 is 5.97 Å². The predicted octanol–water partition coefficient (Wildman–Crippen LogP) is 3.25. The molecule has 4 nitrogen and oxygen atoms in total. The zero-order valence-electron chi connectivity index (χ0n) is 12.0. The first-order valence-corrected chi connectivity index (χ1v) is 6.84. The number of piperidine rings is 1. The highest BCUT2D eigenvalue weighted by molar-refractivity contribution is 5.66. The molecule has 0 saturated carbocycles. The molecular formula is C14H26NO3. The van der Waals surface area contributed by atoms with E-state index in [1.54, 1.807) is 0 Å². The summed E-state index contributed by atoms with van der Waals surface area (Å²) < 4.78 is 0. The van der Waals surface area contributed by atoms with Gasteiger partial charge in [0.05, 0.1) is 0 Å². The largest absolute Gasteiger partial charge is 0.481 e. The minimum absolute atomic E-state index is 0.257. The van der Waals surface area contributed by atoms with Gasteiger partial charge < -0.3 is 5.11 Å². The van der Waals surface area contributed by atoms with Crippen LogP contribution in [-0.2, 0) is 10.0 Å². The molecule has 0 aliphatic carbocycles. The molecule has 105 valence electrons. The summed E-state index contributed by atoms with van der Waals surface area (Å²) in [6.07, 6.45) is 4.80. The minimum Gasteiger partial charge on any atom is -0.481 e. The summed E-state index contributed by atoms with van der Waals surface area (Å²) in [5.74, 6) is -0.181. The minimum atomic E-state index is -0.718. The smallest absolute Gasteiger partial charge is 0.303 e. The van der Waals surface area contributed by atoms with E-state index in [-0.39, 0.29) is 17.5 Å². The van der Waals surface area contributed by atoms with Crippen molar-refractivity contribution in [2.24, 2.45) is 5.92 Å². The van der Waals surface area contributed by atoms with Crippen LogP contribution in [-0.4, -0.2) is 27.2 Å². The molecule has 1 fully saturated rings. The molecule has 1 N–H and O–H groups in total. The molecule has 0 atom stereocenters. The van der Waals surface area contributed by atoms with Gasteiger partial charge in [0, 0.05) is 17.5 Å². The van der Waals surface area contributed by atoms with Gasteiger partial charge in [0.15, 0.2) is 0 Å². The van der Waals surface area contributed by atoms with Gasteiger partial charge in [-0.25, -0.2) is 0 Å². The summed E-state index contributed by atoms with van der Waals surface area (Å²) in [5, 5.41) is 22.0. The number of hydroxylamine groups is 2. The molecule has 1 aliphatic rings. The maximum absolute atomic E-state index is 12.2. The number of rotatable bonds is 5. The molecule has 0 spiro atoms. The fraction of sp³-hybridized carbons (Fsp3) is 0.929. The molecule has 0 aromatic carbocycles. The SMILES string of the molecule is CC1(C)CC(CCCCC(=O)O)CC(C)(C)N1[O]. The lowest BCUT2D eigenvalue weighted by Gasteiger charge is -2.50. The van der Waals surface area contributed by atoms with Crippen LogP contribution in [0, 0.1) is 5.92 Å². The van der Waals surface area contributed by atoms with E-state index in [1.165, 1.54) is 5.06 Å². The highest BCUT2D eigenvalue weighted by Gasteiger charge is 2.45. The van der Waals surface area contributed by atoms with Crippen LogP contribution in [0.2, 0.25) is 0 Å². The van der Waals surface area contributed by atoms with Gasteiger partial charge in [-0.1, -0.05) is 12.8 Å². The van der Waals surface area contributed by atoms with Crippen LogP contribution in [0.15, 0.2) is 0 Å². The molecule has 18 heavy (non-hydrogen) atoms. The number of unbranched alkanes of at least 4 members (excludes halogenated alkanes) is 1. The van der Waals surface area contributed by atoms with Crippen LogP contribution < -0.4 is 0 Å². The molecule has 1 rings (SSSR count). The molecule has 1 saturated heterocycles. The first-order valence-electron chi connectivity index (χ1n) is 6.84. The molecule has 0 bridgehead atoms. The molecule has 1 aliphatic heterocycles. The van der Waals surface area contributed by atoms with Crippen molar-refractivity contribution in [2.75, 3.05) is 0 Å². The van der Waals surface area contributed by atoms with Gasteiger partial charge in [-0.3, -0.25) is 4.79 Å². The van der Waals surface area contributed by atoms with Gasteiger partial charge >= 0.3 is 5.97 Å². The number of nitrogens with zero attached hydrogens (tertiary/aromatic N) is 1. The molecule has 0 unspecified atom stereocenters. The molecular weight excluding hydrogens is 230 g/mol. The van der Waals surface area contributed by atoms with Gasteiger partial charge in [0.25, 0.3) is 0 Å². The van der Waals surface area contributed by atoms with E-state index >= 15 is 0 Å². The van der Waals surface area contributed by atoms with Gasteiger partial charge in [-0.15, -0.1) is 10.3 Å². The number of aliphatic carboxylic acids is 1. The number of carboxylic acid groups (broad SMARTS) is 1. The van der Waals surface area contributed by atoms with Crippen LogP contribution >= 0.6 is 0 Å². The van der Waals surface area contributed by atoms with Crippen molar-refractivity contribution in [3.8, 4) is 0 Å². The van der Waals surface area contributed by atoms with Crippen molar-refractivity contribution in [3.63, 3.8) is 0 Å². The summed E-state index contributed by atoms with van der Waals surface area (Å²) in [4.78, 5) is 10.5. The van der Waals surface area contributed by atoms with Crippen LogP contribution in [0.4, 0.5) is 0 Å². The Morgan fingerprint density at radius 2 is 1.67 bits per heavy atom. The van der Waals surface area contributed by atoms with E-state index in [0.29, 0.717) is 5.92 Å². The summed E-state index contributed by atoms with van der Waals surface area (Å²) in [6, 6.07) is 0. The third kappa shape index (κ3) is 3.95. The topological polar surface area (TPSA) is 60.4 Å². The molecule has 4 heteroatoms. The van der Waals surface area contributed by atoms with Crippen LogP contribution in [0.1, 0.15) is 66.2 Å². The Labute approximate surface area is 110 Å². The lowest BCUT2D eigenvalue weighted by Crippen LogP contribution is -2.58. The number of hydrogen-bond acceptors (Lipinski definition) is 2. The zero-order chi connectivity index (χ0) is 14.0. The predicted molar refractivity (Wildman–Crippen MR) is 69.5 cm³/mol. The van der Waals surface area contributed by atoms with E-state index in [2.05, 4.69) is 0 Å². The van der Waals surface area contributed by atoms with Crippen molar-refractivity contribution in [1.82, 2.24) is 5.06 Å². The Hall–Kier alpha value is -0.610. The molecule has 0 aromatic rings. The zero-order valence-corrected chi connectivity index (χ0v) is 12.0. The van der Waals surface area contributed by atoms with Crippen LogP contribution in [0.5, 0.6) is 0 Å². The van der Waals surface area contributed by atoms with Gasteiger partial charge in [-0.05, 0) is 52.9 Å². The average molecular weight is 256 g/mol. The van der Waals surface area contributed by atoms with Crippen LogP contribution in [0.3, 0.4) is 0 Å². The monoisotopic (exact) mass is 256 g/mol. The Morgan fingerprint density at radius 3 is 2.11 bits per heavy atom. The number of hydrogen-bond donors (Lipinski definition) is 1.